The molecule has 21 heavy (non-hydrogen) atoms. The number of carbonyl (C=O) groups is 2. The van der Waals surface area contributed by atoms with Gasteiger partial charge in [0.1, 0.15) is 0 Å². The molecule has 1 aliphatic rings. The van der Waals surface area contributed by atoms with Crippen LogP contribution in [0.3, 0.4) is 0 Å². The minimum absolute atomic E-state index is 0.0995. The van der Waals surface area contributed by atoms with E-state index in [9.17, 15) is 9.59 Å². The number of likely N-dealkylation sites (tertiary alicyclic amines) is 1. The van der Waals surface area contributed by atoms with Crippen LogP contribution in [0, 0.1) is 5.92 Å². The largest absolute Gasteiger partial charge is 0.369 e. The summed E-state index contributed by atoms with van der Waals surface area (Å²) in [5.74, 6) is 0.329. The molecule has 0 aliphatic carbocycles. The molecule has 2 N–H and O–H groups in total. The predicted molar refractivity (Wildman–Crippen MR) is 85.3 cm³/mol. The first kappa shape index (κ1) is 16.2. The summed E-state index contributed by atoms with van der Waals surface area (Å²) in [4.78, 5) is 26.2. The number of nitrogens with zero attached hydrogens (tertiary/aromatic N) is 1. The lowest BCUT2D eigenvalue weighted by molar-refractivity contribution is -0.134. The van der Waals surface area contributed by atoms with Gasteiger partial charge in [-0.15, -0.1) is 11.8 Å². The van der Waals surface area contributed by atoms with Crippen molar-refractivity contribution < 1.29 is 9.59 Å². The van der Waals surface area contributed by atoms with Crippen LogP contribution in [0.1, 0.15) is 19.3 Å². The van der Waals surface area contributed by atoms with Gasteiger partial charge in [0.15, 0.2) is 0 Å². The summed E-state index contributed by atoms with van der Waals surface area (Å²) in [6.45, 7) is 1.20. The molecule has 1 aromatic carbocycles. The molecule has 2 rings (SSSR count). The molecule has 1 heterocycles. The Balaban J connectivity index is 1.76. The van der Waals surface area contributed by atoms with Crippen molar-refractivity contribution in [3.63, 3.8) is 0 Å². The Kier molecular flexibility index (Phi) is 5.94. The molecular formula is C15H19ClN2O2S. The van der Waals surface area contributed by atoms with Gasteiger partial charge in [-0.1, -0.05) is 11.6 Å². The van der Waals surface area contributed by atoms with Crippen molar-refractivity contribution in [2.75, 3.05) is 18.8 Å². The lowest BCUT2D eigenvalue weighted by Gasteiger charge is -2.31. The van der Waals surface area contributed by atoms with Crippen LogP contribution in [0.2, 0.25) is 5.02 Å². The third kappa shape index (κ3) is 4.93. The second kappa shape index (κ2) is 7.71. The highest BCUT2D eigenvalue weighted by molar-refractivity contribution is 7.99. The van der Waals surface area contributed by atoms with Gasteiger partial charge in [-0.2, -0.15) is 0 Å². The summed E-state index contributed by atoms with van der Waals surface area (Å²) in [6.07, 6.45) is 2.11. The second-order valence-corrected chi connectivity index (χ2v) is 6.74. The third-order valence-electron chi connectivity index (χ3n) is 3.57. The highest BCUT2D eigenvalue weighted by Gasteiger charge is 2.26. The van der Waals surface area contributed by atoms with Gasteiger partial charge in [-0.25, -0.2) is 0 Å². The quantitative estimate of drug-likeness (QED) is 0.846. The monoisotopic (exact) mass is 326 g/mol. The van der Waals surface area contributed by atoms with E-state index in [4.69, 9.17) is 17.3 Å². The molecule has 1 atom stereocenters. The number of halogens is 1. The van der Waals surface area contributed by atoms with Gasteiger partial charge >= 0.3 is 0 Å². The lowest BCUT2D eigenvalue weighted by Crippen LogP contribution is -2.44. The van der Waals surface area contributed by atoms with Crippen molar-refractivity contribution in [2.45, 2.75) is 24.2 Å². The van der Waals surface area contributed by atoms with E-state index in [1.165, 1.54) is 0 Å². The number of carbonyl (C=O) groups excluding carboxylic acids is 2. The summed E-state index contributed by atoms with van der Waals surface area (Å²) in [5, 5.41) is 0.709. The molecule has 0 radical (unpaired) electrons. The second-order valence-electron chi connectivity index (χ2n) is 5.13. The maximum atomic E-state index is 12.1. The predicted octanol–water partition coefficient (Wildman–Crippen LogP) is 2.55. The maximum absolute atomic E-state index is 12.1. The molecule has 114 valence electrons. The van der Waals surface area contributed by atoms with Crippen LogP contribution in [0.4, 0.5) is 0 Å². The van der Waals surface area contributed by atoms with E-state index < -0.39 is 0 Å². The van der Waals surface area contributed by atoms with E-state index in [2.05, 4.69) is 0 Å². The average molecular weight is 327 g/mol. The molecule has 1 saturated heterocycles. The first-order chi connectivity index (χ1) is 10.1. The summed E-state index contributed by atoms with van der Waals surface area (Å²) < 4.78 is 0. The number of primary amides is 1. The molecule has 0 saturated carbocycles. The number of benzene rings is 1. The SMILES string of the molecule is NC(=O)C1CCCN(C(=O)CCSc2ccc(Cl)cc2)C1. The molecular weight excluding hydrogens is 308 g/mol. The minimum atomic E-state index is -0.303. The lowest BCUT2D eigenvalue weighted by atomic mass is 9.97. The number of piperidine rings is 1. The number of rotatable bonds is 5. The van der Waals surface area contributed by atoms with Crippen LogP contribution in [0.25, 0.3) is 0 Å². The summed E-state index contributed by atoms with van der Waals surface area (Å²) in [6, 6.07) is 7.57. The van der Waals surface area contributed by atoms with Crippen LogP contribution in [0.5, 0.6) is 0 Å². The summed E-state index contributed by atoms with van der Waals surface area (Å²) in [7, 11) is 0. The van der Waals surface area contributed by atoms with Gasteiger partial charge < -0.3 is 10.6 Å². The molecule has 0 aromatic heterocycles. The van der Waals surface area contributed by atoms with Crippen LogP contribution in [0.15, 0.2) is 29.2 Å². The molecule has 1 fully saturated rings. The Labute approximate surface area is 134 Å². The van der Waals surface area contributed by atoms with E-state index >= 15 is 0 Å². The van der Waals surface area contributed by atoms with Crippen LogP contribution in [-0.2, 0) is 9.59 Å². The van der Waals surface area contributed by atoms with Crippen molar-refractivity contribution in [1.29, 1.82) is 0 Å². The molecule has 1 unspecified atom stereocenters. The Morgan fingerprint density at radius 3 is 2.71 bits per heavy atom. The smallest absolute Gasteiger partial charge is 0.223 e. The number of hydrogen-bond acceptors (Lipinski definition) is 3. The zero-order valence-electron chi connectivity index (χ0n) is 11.8. The van der Waals surface area contributed by atoms with Gasteiger partial charge in [0.05, 0.1) is 5.92 Å². The van der Waals surface area contributed by atoms with Crippen molar-refractivity contribution >= 4 is 35.2 Å². The minimum Gasteiger partial charge on any atom is -0.369 e. The Morgan fingerprint density at radius 2 is 2.05 bits per heavy atom. The standard InChI is InChI=1S/C15H19ClN2O2S/c16-12-3-5-13(6-4-12)21-9-7-14(19)18-8-1-2-11(10-18)15(17)20/h3-6,11H,1-2,7-10H2,(H2,17,20). The van der Waals surface area contributed by atoms with Crippen molar-refractivity contribution in [3.8, 4) is 0 Å². The number of amides is 2. The molecule has 6 heteroatoms. The van der Waals surface area contributed by atoms with E-state index in [-0.39, 0.29) is 17.7 Å². The third-order valence-corrected chi connectivity index (χ3v) is 4.84. The van der Waals surface area contributed by atoms with Gasteiger partial charge in [0.2, 0.25) is 11.8 Å². The highest BCUT2D eigenvalue weighted by atomic mass is 35.5. The zero-order chi connectivity index (χ0) is 15.2. The fourth-order valence-corrected chi connectivity index (χ4v) is 3.35. The van der Waals surface area contributed by atoms with Gasteiger partial charge in [-0.3, -0.25) is 9.59 Å². The van der Waals surface area contributed by atoms with Gasteiger partial charge in [0, 0.05) is 35.2 Å². The van der Waals surface area contributed by atoms with Crippen molar-refractivity contribution in [1.82, 2.24) is 4.90 Å². The van der Waals surface area contributed by atoms with Crippen molar-refractivity contribution in [3.05, 3.63) is 29.3 Å². The topological polar surface area (TPSA) is 63.4 Å². The highest BCUT2D eigenvalue weighted by Crippen LogP contribution is 2.22. The van der Waals surface area contributed by atoms with E-state index in [1.807, 2.05) is 24.3 Å². The normalized spacial score (nSPS) is 18.5. The average Bonchev–Trinajstić information content (AvgIpc) is 2.49. The fourth-order valence-electron chi connectivity index (χ4n) is 2.38. The molecule has 0 bridgehead atoms. The fraction of sp³-hybridized carbons (Fsp3) is 0.467. The van der Waals surface area contributed by atoms with Gasteiger partial charge in [0.25, 0.3) is 0 Å². The van der Waals surface area contributed by atoms with Crippen molar-refractivity contribution in [2.24, 2.45) is 11.7 Å². The van der Waals surface area contributed by atoms with Gasteiger partial charge in [-0.05, 0) is 37.1 Å². The van der Waals surface area contributed by atoms with Crippen LogP contribution < -0.4 is 5.73 Å². The molecule has 2 amide bonds. The number of thioether (sulfide) groups is 1. The van der Waals surface area contributed by atoms with E-state index in [1.54, 1.807) is 16.7 Å². The van der Waals surface area contributed by atoms with Crippen LogP contribution >= 0.6 is 23.4 Å². The van der Waals surface area contributed by atoms with Crippen LogP contribution in [-0.4, -0.2) is 35.6 Å². The summed E-state index contributed by atoms with van der Waals surface area (Å²) >= 11 is 7.46. The Bertz CT molecular complexity index is 507. The zero-order valence-corrected chi connectivity index (χ0v) is 13.3. The Hall–Kier alpha value is -1.20. The number of hydrogen-bond donors (Lipinski definition) is 1. The number of nitrogens with two attached hydrogens (primary N) is 1. The first-order valence-electron chi connectivity index (χ1n) is 7.01. The maximum Gasteiger partial charge on any atom is 0.223 e. The van der Waals surface area contributed by atoms with E-state index in [0.717, 1.165) is 30.0 Å². The molecule has 1 aliphatic heterocycles. The first-order valence-corrected chi connectivity index (χ1v) is 8.38. The Morgan fingerprint density at radius 1 is 1.33 bits per heavy atom. The van der Waals surface area contributed by atoms with E-state index in [0.29, 0.717) is 18.0 Å². The molecule has 4 nitrogen and oxygen atoms in total. The summed E-state index contributed by atoms with van der Waals surface area (Å²) in [5.41, 5.74) is 5.33. The molecule has 0 spiro atoms. The molecule has 1 aromatic rings.